The van der Waals surface area contributed by atoms with Crippen LogP contribution in [0.1, 0.15) is 0 Å². The van der Waals surface area contributed by atoms with Crippen molar-refractivity contribution in [1.29, 1.82) is 0 Å². The van der Waals surface area contributed by atoms with E-state index in [4.69, 9.17) is 29.9 Å². The molecule has 6 aromatic heterocycles. The first-order valence-corrected chi connectivity index (χ1v) is 33.0. The van der Waals surface area contributed by atoms with E-state index in [1.54, 1.807) is 0 Å². The van der Waals surface area contributed by atoms with Crippen LogP contribution < -0.4 is 0 Å². The molecule has 6 heterocycles. The summed E-state index contributed by atoms with van der Waals surface area (Å²) >= 11 is 0. The maximum Gasteiger partial charge on any atom is 0.160 e. The van der Waals surface area contributed by atoms with Gasteiger partial charge in [-0.1, -0.05) is 273 Å². The fraction of sp³-hybridized carbons (Fsp3) is 0. The highest BCUT2D eigenvalue weighted by atomic mass is 15.1. The molecule has 8 nitrogen and oxygen atoms in total. The molecule has 0 saturated heterocycles. The minimum Gasteiger partial charge on any atom is -0.307 e. The molecule has 0 aliphatic heterocycles. The Morgan fingerprint density at radius 2 is 0.541 bits per heavy atom. The number of pyridine rings is 2. The van der Waals surface area contributed by atoms with E-state index in [1.165, 1.54) is 0 Å². The van der Waals surface area contributed by atoms with Crippen LogP contribution >= 0.6 is 0 Å². The van der Waals surface area contributed by atoms with Gasteiger partial charge in [-0.3, -0.25) is 0 Å². The van der Waals surface area contributed by atoms with E-state index in [0.717, 1.165) is 162 Å². The van der Waals surface area contributed by atoms with E-state index in [1.807, 2.05) is 48.5 Å². The van der Waals surface area contributed by atoms with Gasteiger partial charge in [-0.25, -0.2) is 29.9 Å². The third-order valence-electron chi connectivity index (χ3n) is 18.6. The average molecular weight is 1250 g/mol. The van der Waals surface area contributed by atoms with E-state index in [2.05, 4.69) is 312 Å². The summed E-state index contributed by atoms with van der Waals surface area (Å²) in [5.74, 6) is 1.20. The number of benzene rings is 12. The van der Waals surface area contributed by atoms with Gasteiger partial charge in [0.25, 0.3) is 0 Å². The average Bonchev–Trinajstić information content (AvgIpc) is 1.51. The molecule has 8 heteroatoms. The normalized spacial score (nSPS) is 11.5. The molecular formula is C90H58N8. The molecule has 0 aliphatic carbocycles. The van der Waals surface area contributed by atoms with Gasteiger partial charge in [0.15, 0.2) is 11.6 Å². The molecule has 0 unspecified atom stereocenters. The lowest BCUT2D eigenvalue weighted by Gasteiger charge is -2.23. The molecule has 18 rings (SSSR count). The predicted molar refractivity (Wildman–Crippen MR) is 402 cm³/mol. The molecule has 458 valence electrons. The van der Waals surface area contributed by atoms with Crippen molar-refractivity contribution in [3.8, 4) is 135 Å². The highest BCUT2D eigenvalue weighted by Crippen LogP contribution is 2.47. The van der Waals surface area contributed by atoms with Crippen molar-refractivity contribution in [2.24, 2.45) is 0 Å². The molecule has 0 spiro atoms. The van der Waals surface area contributed by atoms with Gasteiger partial charge in [0.1, 0.15) is 0 Å². The molecule has 0 aliphatic rings. The van der Waals surface area contributed by atoms with Crippen LogP contribution in [0.3, 0.4) is 0 Å². The second kappa shape index (κ2) is 24.6. The summed E-state index contributed by atoms with van der Waals surface area (Å²) in [5.41, 5.74) is 24.0. The third kappa shape index (κ3) is 10.6. The summed E-state index contributed by atoms with van der Waals surface area (Å²) in [6.07, 6.45) is 0. The van der Waals surface area contributed by atoms with E-state index in [0.29, 0.717) is 17.3 Å². The fourth-order valence-electron chi connectivity index (χ4n) is 13.8. The summed E-state index contributed by atoms with van der Waals surface area (Å²) in [6.45, 7) is 0. The molecule has 0 radical (unpaired) electrons. The van der Waals surface area contributed by atoms with Crippen LogP contribution in [0, 0.1) is 0 Å². The molecule has 0 fully saturated rings. The Morgan fingerprint density at radius 1 is 0.173 bits per heavy atom. The molecule has 0 bridgehead atoms. The monoisotopic (exact) mass is 1250 g/mol. The van der Waals surface area contributed by atoms with E-state index in [9.17, 15) is 0 Å². The number of hydrogen-bond donors (Lipinski definition) is 0. The summed E-state index contributed by atoms with van der Waals surface area (Å²) < 4.78 is 4.96. The first-order chi connectivity index (χ1) is 48.6. The van der Waals surface area contributed by atoms with Crippen molar-refractivity contribution in [2.75, 3.05) is 0 Å². The molecular weight excluding hydrogens is 1190 g/mol. The Morgan fingerprint density at radius 3 is 1.05 bits per heavy atom. The molecule has 98 heavy (non-hydrogen) atoms. The minimum atomic E-state index is 0.591. The molecule has 12 aromatic carbocycles. The summed E-state index contributed by atoms with van der Waals surface area (Å²) in [5, 5.41) is 4.34. The van der Waals surface area contributed by atoms with Crippen molar-refractivity contribution in [3.63, 3.8) is 0 Å². The van der Waals surface area contributed by atoms with Crippen molar-refractivity contribution < 1.29 is 0 Å². The lowest BCUT2D eigenvalue weighted by Crippen LogP contribution is -2.08. The van der Waals surface area contributed by atoms with Crippen LogP contribution in [0.4, 0.5) is 0 Å². The molecule has 0 N–H and O–H groups in total. The first kappa shape index (κ1) is 57.4. The van der Waals surface area contributed by atoms with Gasteiger partial charge >= 0.3 is 0 Å². The van der Waals surface area contributed by atoms with Crippen LogP contribution in [-0.4, -0.2) is 39.0 Å². The number of hydrogen-bond acceptors (Lipinski definition) is 6. The summed E-state index contributed by atoms with van der Waals surface area (Å²) in [6, 6.07) is 124. The highest BCUT2D eigenvalue weighted by Gasteiger charge is 2.28. The van der Waals surface area contributed by atoms with Crippen LogP contribution in [0.25, 0.3) is 179 Å². The predicted octanol–water partition coefficient (Wildman–Crippen LogP) is 22.6. The number of para-hydroxylation sites is 1. The van der Waals surface area contributed by atoms with Crippen molar-refractivity contribution in [1.82, 2.24) is 39.0 Å². The van der Waals surface area contributed by atoms with Gasteiger partial charge in [-0.05, 0) is 90.0 Å². The van der Waals surface area contributed by atoms with Gasteiger partial charge in [-0.2, -0.15) is 0 Å². The van der Waals surface area contributed by atoms with Crippen molar-refractivity contribution >= 4 is 43.6 Å². The zero-order valence-electron chi connectivity index (χ0n) is 53.1. The molecule has 0 saturated carbocycles. The number of nitrogens with zero attached hydrogens (tertiary/aromatic N) is 8. The van der Waals surface area contributed by atoms with Crippen LogP contribution in [0.2, 0.25) is 0 Å². The molecule has 18 aromatic rings. The first-order valence-electron chi connectivity index (χ1n) is 33.0. The quantitative estimate of drug-likeness (QED) is 0.114. The second-order valence-electron chi connectivity index (χ2n) is 24.6. The Hall–Kier alpha value is -13.3. The lowest BCUT2D eigenvalue weighted by atomic mass is 9.97. The maximum absolute atomic E-state index is 5.80. The van der Waals surface area contributed by atoms with Gasteiger partial charge in [0.2, 0.25) is 0 Å². The Labute approximate surface area is 566 Å². The van der Waals surface area contributed by atoms with Crippen molar-refractivity contribution in [3.05, 3.63) is 352 Å². The summed E-state index contributed by atoms with van der Waals surface area (Å²) in [4.78, 5) is 33.0. The third-order valence-corrected chi connectivity index (χ3v) is 18.6. The largest absolute Gasteiger partial charge is 0.307 e. The zero-order chi connectivity index (χ0) is 64.9. The van der Waals surface area contributed by atoms with Crippen molar-refractivity contribution in [2.45, 2.75) is 0 Å². The minimum absolute atomic E-state index is 0.591. The Bertz CT molecular complexity index is 5900. The molecule has 0 amide bonds. The maximum atomic E-state index is 5.80. The number of rotatable bonds is 13. The Balaban J connectivity index is 1.02. The van der Waals surface area contributed by atoms with E-state index >= 15 is 0 Å². The van der Waals surface area contributed by atoms with Gasteiger partial charge in [0, 0.05) is 77.2 Å². The van der Waals surface area contributed by atoms with Crippen LogP contribution in [-0.2, 0) is 0 Å². The topological polar surface area (TPSA) is 87.2 Å². The Kier molecular flexibility index (Phi) is 14.4. The van der Waals surface area contributed by atoms with Gasteiger partial charge in [0.05, 0.1) is 79.0 Å². The standard InChI is InChI=1S/C90H58N8/c1-8-26-59(27-9-1)66-48-51-84-73(52-66)72-50-47-68(78-44-25-42-76(92-78)61-30-12-3-13-31-61)55-86(72)98(84)88-74(82-58-80(63-34-16-5-17-35-63)94-90(96-82)65-38-20-7-21-39-65)53-69(81-57-79(62-32-14-4-15-33-62)93-89(95-81)64-36-18-6-19-37-64)56-87(88)97-83-45-23-22-40-70(83)71-49-46-67(54-85(71)97)77-43-24-41-75(91-77)60-28-10-2-11-29-60/h1-58H. The van der Waals surface area contributed by atoms with E-state index in [-0.39, 0.29) is 0 Å². The van der Waals surface area contributed by atoms with Gasteiger partial charge in [-0.15, -0.1) is 0 Å². The van der Waals surface area contributed by atoms with Crippen LogP contribution in [0.5, 0.6) is 0 Å². The van der Waals surface area contributed by atoms with Crippen LogP contribution in [0.15, 0.2) is 352 Å². The lowest BCUT2D eigenvalue weighted by molar-refractivity contribution is 1.09. The molecule has 0 atom stereocenters. The van der Waals surface area contributed by atoms with Gasteiger partial charge < -0.3 is 9.13 Å². The SMILES string of the molecule is c1ccc(-c2ccc3c(c2)c2ccc(-c4cccc(-c5ccccc5)n4)cc2n3-c2c(-c3cc(-c4ccccc4)nc(-c4ccccc4)n3)cc(-c3cc(-c4ccccc4)nc(-c4ccccc4)n3)cc2-n2c3ccccc3c3ccc(-c4cccc(-c5ccccc5)n4)cc32)cc1. The zero-order valence-corrected chi connectivity index (χ0v) is 53.1. The smallest absolute Gasteiger partial charge is 0.160 e. The number of fused-ring (bicyclic) bond motifs is 6. The fourth-order valence-corrected chi connectivity index (χ4v) is 13.8. The summed E-state index contributed by atoms with van der Waals surface area (Å²) in [7, 11) is 0. The number of aromatic nitrogens is 8. The highest BCUT2D eigenvalue weighted by molar-refractivity contribution is 6.14. The van der Waals surface area contributed by atoms with E-state index < -0.39 is 0 Å². The second-order valence-corrected chi connectivity index (χ2v) is 24.6.